The zero-order chi connectivity index (χ0) is 12.4. The highest BCUT2D eigenvalue weighted by atomic mass is 16.3. The van der Waals surface area contributed by atoms with Gasteiger partial charge in [0, 0.05) is 0 Å². The van der Waals surface area contributed by atoms with E-state index >= 15 is 0 Å². The number of benzene rings is 1. The molecule has 1 heterocycles. The van der Waals surface area contributed by atoms with Crippen molar-refractivity contribution in [3.63, 3.8) is 0 Å². The van der Waals surface area contributed by atoms with Crippen LogP contribution in [0.15, 0.2) is 23.0 Å². The molecule has 6 nitrogen and oxygen atoms in total. The summed E-state index contributed by atoms with van der Waals surface area (Å²) in [6.07, 6.45) is 0. The van der Waals surface area contributed by atoms with Crippen LogP contribution in [0.1, 0.15) is 11.3 Å². The second-order valence-electron chi connectivity index (χ2n) is 3.72. The molecule has 0 radical (unpaired) electrons. The quantitative estimate of drug-likeness (QED) is 0.677. The number of H-pyrrole nitrogens is 1. The van der Waals surface area contributed by atoms with Gasteiger partial charge in [0.15, 0.2) is 5.82 Å². The Bertz CT molecular complexity index is 607. The fourth-order valence-corrected chi connectivity index (χ4v) is 1.39. The third kappa shape index (κ3) is 2.41. The van der Waals surface area contributed by atoms with Crippen molar-refractivity contribution in [1.29, 1.82) is 0 Å². The molecule has 0 bridgehead atoms. The predicted octanol–water partition coefficient (Wildman–Crippen LogP) is 1.23. The van der Waals surface area contributed by atoms with Gasteiger partial charge >= 0.3 is 5.69 Å². The number of nitrogens with zero attached hydrogens (tertiary/aromatic N) is 2. The van der Waals surface area contributed by atoms with Crippen LogP contribution in [0.3, 0.4) is 0 Å². The van der Waals surface area contributed by atoms with Crippen molar-refractivity contribution in [2.45, 2.75) is 13.8 Å². The average molecular weight is 232 g/mol. The van der Waals surface area contributed by atoms with E-state index in [1.807, 2.05) is 6.92 Å². The fraction of sp³-hybridized carbons (Fsp3) is 0.182. The van der Waals surface area contributed by atoms with E-state index in [9.17, 15) is 9.90 Å². The minimum atomic E-state index is -0.537. The number of phenolic OH excluding ortho intramolecular Hbond substituents is 1. The summed E-state index contributed by atoms with van der Waals surface area (Å²) in [5, 5.41) is 18.6. The maximum absolute atomic E-state index is 11.1. The monoisotopic (exact) mass is 232 g/mol. The molecule has 0 atom stereocenters. The van der Waals surface area contributed by atoms with Crippen LogP contribution in [0, 0.1) is 13.8 Å². The first-order valence-electron chi connectivity index (χ1n) is 5.06. The number of nitrogens with one attached hydrogen (secondary N) is 2. The standard InChI is InChI=1S/C11H12N4O2/c1-6-3-4-9(16)8(5-6)12-10-7(2)14-15-11(17)13-10/h3-5,16H,1-2H3,(H2,12,13,15,17). The van der Waals surface area contributed by atoms with Crippen LogP contribution in [-0.2, 0) is 0 Å². The summed E-state index contributed by atoms with van der Waals surface area (Å²) < 4.78 is 0. The number of hydrogen-bond acceptors (Lipinski definition) is 5. The van der Waals surface area contributed by atoms with Crippen LogP contribution in [0.4, 0.5) is 11.5 Å². The van der Waals surface area contributed by atoms with E-state index < -0.39 is 5.69 Å². The molecule has 17 heavy (non-hydrogen) atoms. The average Bonchev–Trinajstić information content (AvgIpc) is 2.28. The van der Waals surface area contributed by atoms with Gasteiger partial charge in [0.25, 0.3) is 0 Å². The molecule has 88 valence electrons. The maximum Gasteiger partial charge on any atom is 0.363 e. The smallest absolute Gasteiger partial charge is 0.363 e. The Hall–Kier alpha value is -2.37. The van der Waals surface area contributed by atoms with Gasteiger partial charge in [0.2, 0.25) is 0 Å². The Balaban J connectivity index is 2.40. The molecule has 0 spiro atoms. The molecular weight excluding hydrogens is 220 g/mol. The minimum absolute atomic E-state index is 0.0945. The minimum Gasteiger partial charge on any atom is -0.506 e. The molecule has 0 aliphatic carbocycles. The van der Waals surface area contributed by atoms with E-state index in [1.165, 1.54) is 0 Å². The van der Waals surface area contributed by atoms with Crippen LogP contribution < -0.4 is 11.0 Å². The summed E-state index contributed by atoms with van der Waals surface area (Å²) >= 11 is 0. The van der Waals surface area contributed by atoms with Crippen molar-refractivity contribution in [3.8, 4) is 5.75 Å². The van der Waals surface area contributed by atoms with Crippen molar-refractivity contribution in [2.24, 2.45) is 0 Å². The molecule has 0 aliphatic heterocycles. The van der Waals surface area contributed by atoms with Crippen LogP contribution in [0.2, 0.25) is 0 Å². The van der Waals surface area contributed by atoms with Crippen LogP contribution in [0.5, 0.6) is 5.75 Å². The number of aromatic hydroxyl groups is 1. The fourth-order valence-electron chi connectivity index (χ4n) is 1.39. The Morgan fingerprint density at radius 1 is 1.35 bits per heavy atom. The molecule has 0 saturated carbocycles. The summed E-state index contributed by atoms with van der Waals surface area (Å²) in [7, 11) is 0. The second-order valence-corrected chi connectivity index (χ2v) is 3.72. The Kier molecular flexibility index (Phi) is 2.78. The van der Waals surface area contributed by atoms with Gasteiger partial charge in [0.1, 0.15) is 11.4 Å². The number of aromatic amines is 1. The van der Waals surface area contributed by atoms with Gasteiger partial charge in [-0.2, -0.15) is 10.1 Å². The third-order valence-electron chi connectivity index (χ3n) is 2.28. The van der Waals surface area contributed by atoms with Gasteiger partial charge in [-0.05, 0) is 31.5 Å². The normalized spacial score (nSPS) is 10.2. The van der Waals surface area contributed by atoms with E-state index in [0.717, 1.165) is 5.56 Å². The Labute approximate surface area is 97.4 Å². The summed E-state index contributed by atoms with van der Waals surface area (Å²) in [5.74, 6) is 0.423. The zero-order valence-electron chi connectivity index (χ0n) is 9.48. The van der Waals surface area contributed by atoms with E-state index in [-0.39, 0.29) is 5.75 Å². The molecule has 0 amide bonds. The zero-order valence-corrected chi connectivity index (χ0v) is 9.48. The summed E-state index contributed by atoms with van der Waals surface area (Å²) in [5.41, 5.74) is 1.49. The van der Waals surface area contributed by atoms with Gasteiger partial charge in [0.05, 0.1) is 5.69 Å². The van der Waals surface area contributed by atoms with Crippen molar-refractivity contribution < 1.29 is 5.11 Å². The van der Waals surface area contributed by atoms with Crippen LogP contribution in [0.25, 0.3) is 0 Å². The number of rotatable bonds is 2. The highest BCUT2D eigenvalue weighted by molar-refractivity contribution is 5.65. The van der Waals surface area contributed by atoms with Crippen molar-refractivity contribution in [2.75, 3.05) is 5.32 Å². The highest BCUT2D eigenvalue weighted by Crippen LogP contribution is 2.26. The summed E-state index contributed by atoms with van der Waals surface area (Å²) in [6.45, 7) is 3.61. The summed E-state index contributed by atoms with van der Waals surface area (Å²) in [6, 6.07) is 5.13. The maximum atomic E-state index is 11.1. The van der Waals surface area contributed by atoms with Gasteiger partial charge in [-0.1, -0.05) is 6.07 Å². The lowest BCUT2D eigenvalue weighted by Gasteiger charge is -2.09. The first kappa shape index (κ1) is 11.1. The van der Waals surface area contributed by atoms with Crippen molar-refractivity contribution in [3.05, 3.63) is 39.9 Å². The molecule has 2 aromatic rings. The molecule has 0 fully saturated rings. The lowest BCUT2D eigenvalue weighted by molar-refractivity contribution is 0.477. The molecule has 0 aliphatic rings. The predicted molar refractivity (Wildman–Crippen MR) is 63.5 cm³/mol. The first-order chi connectivity index (χ1) is 8.06. The van der Waals surface area contributed by atoms with Gasteiger partial charge in [-0.25, -0.2) is 9.89 Å². The molecule has 1 aromatic carbocycles. The molecule has 0 saturated heterocycles. The van der Waals surface area contributed by atoms with E-state index in [1.54, 1.807) is 25.1 Å². The number of aryl methyl sites for hydroxylation is 2. The second kappa shape index (κ2) is 4.25. The molecule has 3 N–H and O–H groups in total. The van der Waals surface area contributed by atoms with Crippen molar-refractivity contribution in [1.82, 2.24) is 15.2 Å². The van der Waals surface area contributed by atoms with Gasteiger partial charge < -0.3 is 10.4 Å². The van der Waals surface area contributed by atoms with Crippen LogP contribution >= 0.6 is 0 Å². The Morgan fingerprint density at radius 2 is 2.12 bits per heavy atom. The summed E-state index contributed by atoms with van der Waals surface area (Å²) in [4.78, 5) is 14.8. The molecule has 6 heteroatoms. The Morgan fingerprint density at radius 3 is 2.88 bits per heavy atom. The van der Waals surface area contributed by atoms with E-state index in [4.69, 9.17) is 0 Å². The highest BCUT2D eigenvalue weighted by Gasteiger charge is 2.06. The topological polar surface area (TPSA) is 90.9 Å². The van der Waals surface area contributed by atoms with Gasteiger partial charge in [-0.3, -0.25) is 0 Å². The molecule has 0 unspecified atom stereocenters. The molecule has 1 aromatic heterocycles. The number of phenols is 1. The van der Waals surface area contributed by atoms with Gasteiger partial charge in [-0.15, -0.1) is 0 Å². The van der Waals surface area contributed by atoms with E-state index in [2.05, 4.69) is 20.5 Å². The lowest BCUT2D eigenvalue weighted by atomic mass is 10.2. The van der Waals surface area contributed by atoms with Crippen LogP contribution in [-0.4, -0.2) is 20.3 Å². The lowest BCUT2D eigenvalue weighted by Crippen LogP contribution is -2.15. The number of anilines is 2. The number of hydrogen-bond donors (Lipinski definition) is 3. The van der Waals surface area contributed by atoms with E-state index in [0.29, 0.717) is 17.2 Å². The SMILES string of the molecule is Cc1ccc(O)c(Nc2nc(=O)[nH]nc2C)c1. The molecular formula is C11H12N4O2. The number of aromatic nitrogens is 3. The third-order valence-corrected chi connectivity index (χ3v) is 2.28. The first-order valence-corrected chi connectivity index (χ1v) is 5.06. The largest absolute Gasteiger partial charge is 0.506 e. The van der Waals surface area contributed by atoms with Crippen molar-refractivity contribution >= 4 is 11.5 Å². The molecule has 2 rings (SSSR count).